The van der Waals surface area contributed by atoms with Crippen LogP contribution >= 0.6 is 23.2 Å². The van der Waals surface area contributed by atoms with Gasteiger partial charge in [0.1, 0.15) is 5.82 Å². The van der Waals surface area contributed by atoms with Gasteiger partial charge in [-0.2, -0.15) is 0 Å². The summed E-state index contributed by atoms with van der Waals surface area (Å²) < 4.78 is 29.0. The number of aromatic nitrogens is 2. The van der Waals surface area contributed by atoms with Crippen LogP contribution in [-0.2, 0) is 16.4 Å². The van der Waals surface area contributed by atoms with E-state index in [0.29, 0.717) is 10.0 Å². The van der Waals surface area contributed by atoms with Crippen LogP contribution in [0.5, 0.6) is 0 Å². The second kappa shape index (κ2) is 10.0. The van der Waals surface area contributed by atoms with E-state index in [4.69, 9.17) is 28.2 Å². The van der Waals surface area contributed by atoms with E-state index in [9.17, 15) is 13.2 Å². The zero-order valence-corrected chi connectivity index (χ0v) is 22.7. The number of sulfonamides is 1. The normalized spacial score (nSPS) is 17.4. The number of aryl methyl sites for hydroxylation is 2. The molecule has 0 unspecified atom stereocenters. The molecule has 1 heterocycles. The molecule has 7 nitrogen and oxygen atoms in total. The summed E-state index contributed by atoms with van der Waals surface area (Å²) in [4.78, 5) is 17.1. The summed E-state index contributed by atoms with van der Waals surface area (Å²) in [7, 11) is -3.91. The fraction of sp³-hybridized carbons (Fsp3) is 0.259. The molecule has 0 saturated heterocycles. The number of benzene rings is 3. The summed E-state index contributed by atoms with van der Waals surface area (Å²) in [5.41, 5.74) is 4.79. The number of urea groups is 1. The van der Waals surface area contributed by atoms with Crippen molar-refractivity contribution in [2.45, 2.75) is 50.0 Å². The highest BCUT2D eigenvalue weighted by Crippen LogP contribution is 2.37. The number of carbonyl (C=O) groups is 1. The molecule has 1 aliphatic rings. The minimum atomic E-state index is -3.91. The van der Waals surface area contributed by atoms with Gasteiger partial charge in [0.2, 0.25) is 0 Å². The highest BCUT2D eigenvalue weighted by atomic mass is 35.5. The van der Waals surface area contributed by atoms with Crippen LogP contribution < -0.4 is 10.0 Å². The standard InChI is InChI=1S/C27H26Cl2N4O3S/c1-3-26-31-24-14-22(28)23(29)15-25(24)33(26)20-8-6-17(7-9-20)18-12-19(13-18)30-27(34)32-37(35,36)21-10-4-16(2)5-11-21/h4-11,14-15,18-19H,3,12-13H2,1-2H3,(H2,30,32,34). The van der Waals surface area contributed by atoms with Gasteiger partial charge in [-0.15, -0.1) is 0 Å². The number of amides is 2. The molecule has 0 aliphatic heterocycles. The quantitative estimate of drug-likeness (QED) is 0.298. The average Bonchev–Trinajstić information content (AvgIpc) is 3.18. The number of halogens is 2. The first kappa shape index (κ1) is 25.6. The van der Waals surface area contributed by atoms with E-state index in [1.54, 1.807) is 18.2 Å². The first-order valence-corrected chi connectivity index (χ1v) is 14.2. The maximum Gasteiger partial charge on any atom is 0.328 e. The second-order valence-corrected chi connectivity index (χ2v) is 11.8. The van der Waals surface area contributed by atoms with Crippen LogP contribution in [0.1, 0.15) is 42.6 Å². The van der Waals surface area contributed by atoms with Crippen molar-refractivity contribution in [3.8, 4) is 5.69 Å². The van der Waals surface area contributed by atoms with Crippen LogP contribution in [0, 0.1) is 6.92 Å². The van der Waals surface area contributed by atoms with Crippen molar-refractivity contribution in [1.29, 1.82) is 0 Å². The largest absolute Gasteiger partial charge is 0.335 e. The van der Waals surface area contributed by atoms with Crippen molar-refractivity contribution < 1.29 is 13.2 Å². The van der Waals surface area contributed by atoms with E-state index in [1.165, 1.54) is 12.1 Å². The topological polar surface area (TPSA) is 93.1 Å². The maximum absolute atomic E-state index is 12.4. The Hall–Kier alpha value is -3.07. The van der Waals surface area contributed by atoms with Crippen molar-refractivity contribution in [2.24, 2.45) is 0 Å². The summed E-state index contributed by atoms with van der Waals surface area (Å²) in [6.45, 7) is 3.92. The van der Waals surface area contributed by atoms with Gasteiger partial charge in [0.05, 0.1) is 26.0 Å². The minimum Gasteiger partial charge on any atom is -0.335 e. The molecule has 0 radical (unpaired) electrons. The Morgan fingerprint density at radius 1 is 1.03 bits per heavy atom. The van der Waals surface area contributed by atoms with Crippen LogP contribution in [0.4, 0.5) is 4.79 Å². The fourth-order valence-corrected chi connectivity index (χ4v) is 5.90. The Morgan fingerprint density at radius 2 is 1.68 bits per heavy atom. The molecular weight excluding hydrogens is 531 g/mol. The summed E-state index contributed by atoms with van der Waals surface area (Å²) in [6.07, 6.45) is 2.22. The number of imidazole rings is 1. The molecule has 2 amide bonds. The van der Waals surface area contributed by atoms with Gasteiger partial charge in [-0.25, -0.2) is 22.9 Å². The van der Waals surface area contributed by atoms with Gasteiger partial charge in [0, 0.05) is 18.2 Å². The van der Waals surface area contributed by atoms with Crippen molar-refractivity contribution in [3.63, 3.8) is 0 Å². The first-order valence-electron chi connectivity index (χ1n) is 12.0. The van der Waals surface area contributed by atoms with Gasteiger partial charge in [-0.3, -0.25) is 4.57 Å². The lowest BCUT2D eigenvalue weighted by atomic mass is 9.76. The predicted octanol–water partition coefficient (Wildman–Crippen LogP) is 6.14. The number of nitrogens with one attached hydrogen (secondary N) is 2. The molecule has 5 rings (SSSR count). The van der Waals surface area contributed by atoms with Gasteiger partial charge < -0.3 is 5.32 Å². The van der Waals surface area contributed by atoms with Gasteiger partial charge >= 0.3 is 6.03 Å². The lowest BCUT2D eigenvalue weighted by Gasteiger charge is -2.36. The van der Waals surface area contributed by atoms with E-state index in [1.807, 2.05) is 13.0 Å². The summed E-state index contributed by atoms with van der Waals surface area (Å²) >= 11 is 12.5. The molecule has 192 valence electrons. The molecule has 3 aromatic carbocycles. The summed E-state index contributed by atoms with van der Waals surface area (Å²) in [6, 6.07) is 17.4. The number of hydrogen-bond acceptors (Lipinski definition) is 4. The van der Waals surface area contributed by atoms with Crippen molar-refractivity contribution >= 4 is 50.3 Å². The summed E-state index contributed by atoms with van der Waals surface area (Å²) in [5, 5.41) is 3.73. The van der Waals surface area contributed by atoms with Crippen LogP contribution in [0.15, 0.2) is 65.6 Å². The van der Waals surface area contributed by atoms with Crippen molar-refractivity contribution in [2.75, 3.05) is 0 Å². The van der Waals surface area contributed by atoms with Gasteiger partial charge in [-0.1, -0.05) is 60.0 Å². The van der Waals surface area contributed by atoms with E-state index >= 15 is 0 Å². The average molecular weight is 558 g/mol. The van der Waals surface area contributed by atoms with E-state index in [0.717, 1.165) is 52.9 Å². The Bertz CT molecular complexity index is 1580. The van der Waals surface area contributed by atoms with Crippen LogP contribution in [-0.4, -0.2) is 30.0 Å². The van der Waals surface area contributed by atoms with Gasteiger partial charge in [0.15, 0.2) is 0 Å². The van der Waals surface area contributed by atoms with Gasteiger partial charge in [0.25, 0.3) is 10.0 Å². The fourth-order valence-electron chi connectivity index (χ4n) is 4.66. The molecule has 10 heteroatoms. The Labute approximate surface area is 225 Å². The van der Waals surface area contributed by atoms with E-state index in [-0.39, 0.29) is 16.9 Å². The molecule has 0 spiro atoms. The van der Waals surface area contributed by atoms with E-state index in [2.05, 4.69) is 45.8 Å². The maximum atomic E-state index is 12.4. The van der Waals surface area contributed by atoms with Gasteiger partial charge in [-0.05, 0) is 67.6 Å². The van der Waals surface area contributed by atoms with Crippen LogP contribution in [0.3, 0.4) is 0 Å². The number of fused-ring (bicyclic) bond motifs is 1. The Morgan fingerprint density at radius 3 is 2.32 bits per heavy atom. The number of nitrogens with zero attached hydrogens (tertiary/aromatic N) is 2. The lowest BCUT2D eigenvalue weighted by molar-refractivity contribution is 0.227. The molecule has 1 fully saturated rings. The molecule has 37 heavy (non-hydrogen) atoms. The molecule has 1 aromatic heterocycles. The predicted molar refractivity (Wildman–Crippen MR) is 146 cm³/mol. The molecule has 0 atom stereocenters. The third kappa shape index (κ3) is 5.19. The Balaban J connectivity index is 1.22. The summed E-state index contributed by atoms with van der Waals surface area (Å²) in [5.74, 6) is 1.20. The number of hydrogen-bond donors (Lipinski definition) is 2. The third-order valence-electron chi connectivity index (χ3n) is 6.74. The Kier molecular flexibility index (Phi) is 6.91. The minimum absolute atomic E-state index is 0.0575. The smallest absolute Gasteiger partial charge is 0.328 e. The molecular formula is C27H26Cl2N4O3S. The number of rotatable bonds is 6. The van der Waals surface area contributed by atoms with Crippen LogP contribution in [0.2, 0.25) is 10.0 Å². The number of carbonyl (C=O) groups excluding carboxylic acids is 1. The molecule has 1 saturated carbocycles. The highest BCUT2D eigenvalue weighted by Gasteiger charge is 2.32. The first-order chi connectivity index (χ1) is 17.6. The van der Waals surface area contributed by atoms with E-state index < -0.39 is 16.1 Å². The zero-order chi connectivity index (χ0) is 26.3. The second-order valence-electron chi connectivity index (χ2n) is 9.32. The van der Waals surface area contributed by atoms with Crippen LogP contribution in [0.25, 0.3) is 16.7 Å². The highest BCUT2D eigenvalue weighted by molar-refractivity contribution is 7.90. The van der Waals surface area contributed by atoms with Crippen molar-refractivity contribution in [1.82, 2.24) is 19.6 Å². The molecule has 4 aromatic rings. The molecule has 1 aliphatic carbocycles. The SMILES string of the molecule is CCc1nc2cc(Cl)c(Cl)cc2n1-c1ccc(C2CC(NC(=O)NS(=O)(=O)c3ccc(C)cc3)C2)cc1. The monoisotopic (exact) mass is 556 g/mol. The molecule has 2 N–H and O–H groups in total. The third-order valence-corrected chi connectivity index (χ3v) is 8.81. The van der Waals surface area contributed by atoms with Crippen molar-refractivity contribution in [3.05, 3.63) is 87.7 Å². The zero-order valence-electron chi connectivity index (χ0n) is 20.3. The molecule has 0 bridgehead atoms. The lowest BCUT2D eigenvalue weighted by Crippen LogP contribution is -2.49.